The topological polar surface area (TPSA) is 103 Å². The molecule has 0 saturated carbocycles. The monoisotopic (exact) mass is 462 g/mol. The molecule has 0 aliphatic carbocycles. The van der Waals surface area contributed by atoms with Crippen molar-refractivity contribution in [3.63, 3.8) is 0 Å². The number of para-hydroxylation sites is 1. The number of rotatable bonds is 6. The Labute approximate surface area is 195 Å². The fourth-order valence-corrected chi connectivity index (χ4v) is 4.22. The van der Waals surface area contributed by atoms with Crippen molar-refractivity contribution in [3.05, 3.63) is 77.1 Å². The van der Waals surface area contributed by atoms with Gasteiger partial charge in [0.25, 0.3) is 11.6 Å². The minimum Gasteiger partial charge on any atom is -0.539 e. The maximum absolute atomic E-state index is 13.2. The zero-order chi connectivity index (χ0) is 23.5. The van der Waals surface area contributed by atoms with Gasteiger partial charge in [-0.1, -0.05) is 72.8 Å². The molecule has 3 aromatic rings. The molecular formula is C24H22N4O4S. The summed E-state index contributed by atoms with van der Waals surface area (Å²) >= 11 is 1.08. The first-order chi connectivity index (χ1) is 15.8. The molecule has 0 radical (unpaired) electrons. The first-order valence-electron chi connectivity index (χ1n) is 10.3. The second-order valence-corrected chi connectivity index (χ2v) is 8.71. The summed E-state index contributed by atoms with van der Waals surface area (Å²) in [6.45, 7) is 4.24. The van der Waals surface area contributed by atoms with Gasteiger partial charge < -0.3 is 9.63 Å². The molecule has 0 N–H and O–H groups in total. The number of ketones is 1. The molecule has 0 unspecified atom stereocenters. The third-order valence-electron chi connectivity index (χ3n) is 5.11. The van der Waals surface area contributed by atoms with Crippen LogP contribution in [0.3, 0.4) is 0 Å². The summed E-state index contributed by atoms with van der Waals surface area (Å²) in [5.74, 6) is -1.23. The second-order valence-electron chi connectivity index (χ2n) is 7.77. The first-order valence-corrected chi connectivity index (χ1v) is 11.3. The average molecular weight is 463 g/mol. The van der Waals surface area contributed by atoms with E-state index in [2.05, 4.69) is 28.6 Å². The van der Waals surface area contributed by atoms with Crippen molar-refractivity contribution >= 4 is 40.4 Å². The Kier molecular flexibility index (Phi) is 6.41. The highest BCUT2D eigenvalue weighted by Crippen LogP contribution is 2.30. The van der Waals surface area contributed by atoms with E-state index in [1.807, 2.05) is 42.5 Å². The molecular weight excluding hydrogens is 440 g/mol. The summed E-state index contributed by atoms with van der Waals surface area (Å²) in [4.78, 5) is 31.8. The van der Waals surface area contributed by atoms with Gasteiger partial charge in [0.15, 0.2) is 18.2 Å². The molecule has 2 heterocycles. The standard InChI is InChI=1S/C24H22N4O4S/c1-15(2)17-11-9-16(10-12-17)13-19-22(30)28(18-7-5-4-6-8-18)24(25-19)33-14-20(29)21-23(31)32-26-27(21)3/h4-13,15H,14H2,1-3H3/b19-13+. The van der Waals surface area contributed by atoms with Gasteiger partial charge in [-0.3, -0.25) is 14.5 Å². The minimum absolute atomic E-state index is 0.101. The fraction of sp³-hybridized carbons (Fsp3) is 0.208. The molecule has 0 bridgehead atoms. The van der Waals surface area contributed by atoms with Gasteiger partial charge >= 0.3 is 0 Å². The Morgan fingerprint density at radius 2 is 1.88 bits per heavy atom. The van der Waals surface area contributed by atoms with Crippen molar-refractivity contribution < 1.29 is 23.9 Å². The van der Waals surface area contributed by atoms with Crippen molar-refractivity contribution in [3.8, 4) is 5.95 Å². The highest BCUT2D eigenvalue weighted by molar-refractivity contribution is 8.14. The van der Waals surface area contributed by atoms with Crippen LogP contribution in [-0.2, 0) is 11.8 Å². The Morgan fingerprint density at radius 1 is 1.18 bits per heavy atom. The summed E-state index contributed by atoms with van der Waals surface area (Å²) in [7, 11) is 1.46. The Morgan fingerprint density at radius 3 is 2.48 bits per heavy atom. The largest absolute Gasteiger partial charge is 0.539 e. The van der Waals surface area contributed by atoms with Crippen molar-refractivity contribution in [1.29, 1.82) is 0 Å². The Balaban J connectivity index is 1.62. The van der Waals surface area contributed by atoms with Crippen LogP contribution in [0.15, 0.2) is 69.8 Å². The van der Waals surface area contributed by atoms with Crippen LogP contribution in [0.4, 0.5) is 5.69 Å². The molecule has 33 heavy (non-hydrogen) atoms. The zero-order valence-corrected chi connectivity index (χ0v) is 19.2. The SMILES string of the molecule is CC(C)c1ccc(/C=C2/N=C(SCC(=O)c3c([O-])on[n+]3C)N(c3ccccc3)C2=O)cc1. The molecule has 0 spiro atoms. The van der Waals surface area contributed by atoms with Gasteiger partial charge in [0, 0.05) is 0 Å². The van der Waals surface area contributed by atoms with Gasteiger partial charge in [0.05, 0.1) is 16.7 Å². The predicted molar refractivity (Wildman–Crippen MR) is 124 cm³/mol. The number of amidine groups is 1. The lowest BCUT2D eigenvalue weighted by Gasteiger charge is -2.17. The lowest BCUT2D eigenvalue weighted by Crippen LogP contribution is -2.38. The maximum Gasteiger partial charge on any atom is 0.300 e. The van der Waals surface area contributed by atoms with E-state index in [1.165, 1.54) is 17.5 Å². The summed E-state index contributed by atoms with van der Waals surface area (Å²) in [5.41, 5.74) is 2.82. The maximum atomic E-state index is 13.2. The molecule has 1 aliphatic rings. The van der Waals surface area contributed by atoms with Gasteiger partial charge in [-0.15, -0.1) is 0 Å². The molecule has 0 atom stereocenters. The van der Waals surface area contributed by atoms with E-state index in [1.54, 1.807) is 18.2 Å². The number of amides is 1. The van der Waals surface area contributed by atoms with Crippen molar-refractivity contribution in [1.82, 2.24) is 5.27 Å². The van der Waals surface area contributed by atoms with Crippen molar-refractivity contribution in [2.24, 2.45) is 12.0 Å². The number of aryl methyl sites for hydroxylation is 1. The molecule has 1 aliphatic heterocycles. The van der Waals surface area contributed by atoms with Crippen molar-refractivity contribution in [2.75, 3.05) is 10.7 Å². The number of anilines is 1. The van der Waals surface area contributed by atoms with Crippen molar-refractivity contribution in [2.45, 2.75) is 19.8 Å². The van der Waals surface area contributed by atoms with E-state index < -0.39 is 11.7 Å². The average Bonchev–Trinajstić information content (AvgIpc) is 3.31. The number of carbonyl (C=O) groups is 2. The molecule has 0 saturated heterocycles. The highest BCUT2D eigenvalue weighted by atomic mass is 32.2. The smallest absolute Gasteiger partial charge is 0.300 e. The van der Waals surface area contributed by atoms with Crippen LogP contribution in [-0.4, -0.2) is 27.9 Å². The number of Topliss-reactive ketones (excluding diaryl/α,β-unsaturated/α-hetero) is 1. The van der Waals surface area contributed by atoms with Crippen LogP contribution in [0, 0.1) is 0 Å². The molecule has 4 rings (SSSR count). The van der Waals surface area contributed by atoms with E-state index in [9.17, 15) is 14.7 Å². The number of nitrogens with zero attached hydrogens (tertiary/aromatic N) is 4. The van der Waals surface area contributed by atoms with Gasteiger partial charge in [0.1, 0.15) is 5.70 Å². The lowest BCUT2D eigenvalue weighted by atomic mass is 10.0. The molecule has 2 aromatic carbocycles. The van der Waals surface area contributed by atoms with Crippen LogP contribution in [0.2, 0.25) is 0 Å². The number of hydrogen-bond acceptors (Lipinski definition) is 7. The molecule has 168 valence electrons. The summed E-state index contributed by atoms with van der Waals surface area (Å²) in [6.07, 6.45) is 1.73. The quantitative estimate of drug-likeness (QED) is 0.317. The Hall–Kier alpha value is -3.72. The zero-order valence-electron chi connectivity index (χ0n) is 18.4. The van der Waals surface area contributed by atoms with Crippen LogP contribution in [0.5, 0.6) is 5.95 Å². The van der Waals surface area contributed by atoms with Crippen LogP contribution in [0.25, 0.3) is 6.08 Å². The minimum atomic E-state index is -0.794. The number of hydrogen-bond donors (Lipinski definition) is 0. The van der Waals surface area contributed by atoms with Gasteiger partial charge in [-0.25, -0.2) is 4.99 Å². The van der Waals surface area contributed by atoms with Gasteiger partial charge in [-0.2, -0.15) is 0 Å². The highest BCUT2D eigenvalue weighted by Gasteiger charge is 2.33. The molecule has 9 heteroatoms. The molecule has 0 fully saturated rings. The lowest BCUT2D eigenvalue weighted by molar-refractivity contribution is -0.741. The number of aliphatic imine (C=N–C) groups is 1. The van der Waals surface area contributed by atoms with E-state index in [0.717, 1.165) is 22.0 Å². The summed E-state index contributed by atoms with van der Waals surface area (Å²) < 4.78 is 5.63. The molecule has 1 amide bonds. The van der Waals surface area contributed by atoms with E-state index in [-0.39, 0.29) is 23.1 Å². The third-order valence-corrected chi connectivity index (χ3v) is 6.05. The summed E-state index contributed by atoms with van der Waals surface area (Å²) in [5, 5.41) is 15.6. The van der Waals surface area contributed by atoms with E-state index in [0.29, 0.717) is 16.8 Å². The van der Waals surface area contributed by atoms with Gasteiger partial charge in [-0.05, 0) is 35.3 Å². The third kappa shape index (κ3) is 4.73. The normalized spacial score (nSPS) is 14.9. The van der Waals surface area contributed by atoms with Crippen LogP contribution < -0.4 is 14.7 Å². The molecule has 1 aromatic heterocycles. The number of aromatic nitrogens is 2. The predicted octanol–water partition coefficient (Wildman–Crippen LogP) is 3.06. The molecule has 8 nitrogen and oxygen atoms in total. The fourth-order valence-electron chi connectivity index (χ4n) is 3.34. The van der Waals surface area contributed by atoms with Gasteiger partial charge in [0.2, 0.25) is 5.78 Å². The van der Waals surface area contributed by atoms with E-state index in [4.69, 9.17) is 0 Å². The van der Waals surface area contributed by atoms with Crippen LogP contribution >= 0.6 is 11.8 Å². The van der Waals surface area contributed by atoms with Crippen LogP contribution in [0.1, 0.15) is 41.4 Å². The number of thioether (sulfide) groups is 1. The number of carbonyl (C=O) groups excluding carboxylic acids is 2. The summed E-state index contributed by atoms with van der Waals surface area (Å²) in [6, 6.07) is 17.1. The second kappa shape index (κ2) is 9.41. The van der Waals surface area contributed by atoms with E-state index >= 15 is 0 Å². The first kappa shape index (κ1) is 22.5. The number of benzene rings is 2. The Bertz CT molecular complexity index is 1230.